The van der Waals surface area contributed by atoms with Gasteiger partial charge in [0.1, 0.15) is 0 Å². The second-order valence-electron chi connectivity index (χ2n) is 8.01. The van der Waals surface area contributed by atoms with Crippen LogP contribution in [0.15, 0.2) is 18.2 Å². The van der Waals surface area contributed by atoms with Gasteiger partial charge in [-0.15, -0.1) is 0 Å². The second-order valence-corrected chi connectivity index (χ2v) is 8.01. The summed E-state index contributed by atoms with van der Waals surface area (Å²) in [5.41, 5.74) is 4.34. The Morgan fingerprint density at radius 3 is 2.76 bits per heavy atom. The topological polar surface area (TPSA) is 78.4 Å². The van der Waals surface area contributed by atoms with Gasteiger partial charge in [0, 0.05) is 12.0 Å². The lowest BCUT2D eigenvalue weighted by Crippen LogP contribution is -2.33. The van der Waals surface area contributed by atoms with E-state index in [1.807, 2.05) is 12.1 Å². The summed E-state index contributed by atoms with van der Waals surface area (Å²) in [5, 5.41) is 12.0. The zero-order valence-corrected chi connectivity index (χ0v) is 14.5. The molecule has 134 valence electrons. The average Bonchev–Trinajstić information content (AvgIpc) is 3.23. The maximum Gasteiger partial charge on any atom is 0.274 e. The monoisotopic (exact) mass is 342 g/mol. The van der Waals surface area contributed by atoms with Gasteiger partial charge in [0.05, 0.1) is 6.04 Å². The summed E-state index contributed by atoms with van der Waals surface area (Å²) >= 11 is 0. The number of fused-ring (bicyclic) bond motifs is 3. The van der Waals surface area contributed by atoms with Crippen LogP contribution >= 0.6 is 0 Å². The highest BCUT2D eigenvalue weighted by Crippen LogP contribution is 2.49. The van der Waals surface area contributed by atoms with Gasteiger partial charge in [0.25, 0.3) is 5.91 Å². The highest BCUT2D eigenvalue weighted by molar-refractivity contribution is 5.93. The first-order valence-electron chi connectivity index (χ1n) is 9.50. The number of hydrogen-bond donors (Lipinski definition) is 3. The number of aryl methyl sites for hydroxylation is 1. The van der Waals surface area contributed by atoms with Crippen molar-refractivity contribution >= 4 is 11.8 Å². The molecular formula is C20H26N2O3. The predicted octanol–water partition coefficient (Wildman–Crippen LogP) is 3.13. The molecule has 2 fully saturated rings. The van der Waals surface area contributed by atoms with Crippen LogP contribution in [0.2, 0.25) is 0 Å². The molecule has 0 aromatic heterocycles. The van der Waals surface area contributed by atoms with Crippen LogP contribution in [0, 0.1) is 17.8 Å². The van der Waals surface area contributed by atoms with Gasteiger partial charge in [0.2, 0.25) is 5.91 Å². The van der Waals surface area contributed by atoms with E-state index in [0.717, 1.165) is 42.2 Å². The van der Waals surface area contributed by atoms with E-state index in [1.165, 1.54) is 25.7 Å². The molecule has 1 aromatic carbocycles. The minimum absolute atomic E-state index is 0.0427. The highest BCUT2D eigenvalue weighted by Gasteiger charge is 2.40. The van der Waals surface area contributed by atoms with E-state index < -0.39 is 5.91 Å². The van der Waals surface area contributed by atoms with Crippen molar-refractivity contribution in [2.24, 2.45) is 17.8 Å². The Bertz CT molecular complexity index is 688. The van der Waals surface area contributed by atoms with E-state index in [-0.39, 0.29) is 11.9 Å². The van der Waals surface area contributed by atoms with Crippen molar-refractivity contribution in [2.75, 3.05) is 0 Å². The molecule has 4 atom stereocenters. The molecule has 4 rings (SSSR count). The molecule has 0 saturated heterocycles. The van der Waals surface area contributed by atoms with Crippen molar-refractivity contribution in [3.8, 4) is 0 Å². The smallest absolute Gasteiger partial charge is 0.274 e. The quantitative estimate of drug-likeness (QED) is 0.581. The van der Waals surface area contributed by atoms with Crippen LogP contribution in [-0.4, -0.2) is 17.0 Å². The highest BCUT2D eigenvalue weighted by atomic mass is 16.5. The van der Waals surface area contributed by atoms with Crippen LogP contribution in [0.25, 0.3) is 0 Å². The van der Waals surface area contributed by atoms with Gasteiger partial charge in [-0.1, -0.05) is 12.5 Å². The van der Waals surface area contributed by atoms with Crippen LogP contribution < -0.4 is 10.8 Å². The van der Waals surface area contributed by atoms with Crippen LogP contribution in [0.1, 0.15) is 72.5 Å². The summed E-state index contributed by atoms with van der Waals surface area (Å²) in [5.74, 6) is 1.90. The van der Waals surface area contributed by atoms with Gasteiger partial charge in [-0.3, -0.25) is 14.8 Å². The lowest BCUT2D eigenvalue weighted by Gasteiger charge is -2.28. The van der Waals surface area contributed by atoms with Crippen molar-refractivity contribution in [3.63, 3.8) is 0 Å². The number of carbonyl (C=O) groups is 2. The van der Waals surface area contributed by atoms with Crippen molar-refractivity contribution in [2.45, 2.75) is 57.4 Å². The fourth-order valence-corrected chi connectivity index (χ4v) is 5.29. The van der Waals surface area contributed by atoms with Crippen LogP contribution in [0.4, 0.5) is 0 Å². The molecule has 0 radical (unpaired) electrons. The zero-order chi connectivity index (χ0) is 17.4. The molecule has 0 heterocycles. The molecule has 3 aliphatic rings. The van der Waals surface area contributed by atoms with Crippen LogP contribution in [0.3, 0.4) is 0 Å². The Morgan fingerprint density at radius 2 is 2.04 bits per heavy atom. The number of hydrogen-bond acceptors (Lipinski definition) is 3. The third-order valence-corrected chi connectivity index (χ3v) is 6.49. The molecule has 25 heavy (non-hydrogen) atoms. The Balaban J connectivity index is 1.42. The lowest BCUT2D eigenvalue weighted by atomic mass is 9.84. The van der Waals surface area contributed by atoms with Gasteiger partial charge < -0.3 is 5.32 Å². The lowest BCUT2D eigenvalue weighted by molar-refractivity contribution is -0.123. The van der Waals surface area contributed by atoms with E-state index in [1.54, 1.807) is 11.5 Å². The first kappa shape index (κ1) is 16.6. The van der Waals surface area contributed by atoms with Crippen molar-refractivity contribution in [1.82, 2.24) is 10.8 Å². The summed E-state index contributed by atoms with van der Waals surface area (Å²) in [6.45, 7) is 0. The van der Waals surface area contributed by atoms with E-state index in [0.29, 0.717) is 17.9 Å². The molecule has 2 saturated carbocycles. The summed E-state index contributed by atoms with van der Waals surface area (Å²) in [6, 6.07) is 5.50. The molecule has 3 N–H and O–H groups in total. The molecule has 1 aromatic rings. The third-order valence-electron chi connectivity index (χ3n) is 6.49. The molecular weight excluding hydrogens is 316 g/mol. The largest absolute Gasteiger partial charge is 0.349 e. The maximum atomic E-state index is 12.6. The SMILES string of the molecule is O=C(CC1C[C@@H]2CC[C@H]1C2)NC1CCCc2cc(C(=O)NO)ccc21. The van der Waals surface area contributed by atoms with Crippen LogP contribution in [0.5, 0.6) is 0 Å². The van der Waals surface area contributed by atoms with Crippen molar-refractivity contribution in [3.05, 3.63) is 34.9 Å². The van der Waals surface area contributed by atoms with Gasteiger partial charge in [-0.2, -0.15) is 0 Å². The number of amides is 2. The van der Waals surface area contributed by atoms with Crippen molar-refractivity contribution < 1.29 is 14.8 Å². The van der Waals surface area contributed by atoms with Crippen molar-refractivity contribution in [1.29, 1.82) is 0 Å². The van der Waals surface area contributed by atoms with Crippen LogP contribution in [-0.2, 0) is 11.2 Å². The summed E-state index contributed by atoms with van der Waals surface area (Å²) < 4.78 is 0. The van der Waals surface area contributed by atoms with Gasteiger partial charge in [0.15, 0.2) is 0 Å². The summed E-state index contributed by atoms with van der Waals surface area (Å²) in [7, 11) is 0. The van der Waals surface area contributed by atoms with Gasteiger partial charge in [-0.25, -0.2) is 5.48 Å². The molecule has 2 bridgehead atoms. The number of nitrogens with one attached hydrogen (secondary N) is 2. The Hall–Kier alpha value is -1.88. The zero-order valence-electron chi connectivity index (χ0n) is 14.5. The van der Waals surface area contributed by atoms with E-state index in [9.17, 15) is 9.59 Å². The Morgan fingerprint density at radius 1 is 1.16 bits per heavy atom. The standard InChI is InChI=1S/C20H26N2O3/c23-19(11-16-9-12-4-5-13(16)8-12)21-18-3-1-2-14-10-15(20(24)22-25)6-7-17(14)18/h6-7,10,12-13,16,18,25H,1-5,8-9,11H2,(H,21,23)(H,22,24)/t12-,13+,16?,18?/m1/s1. The summed E-state index contributed by atoms with van der Waals surface area (Å²) in [6.07, 6.45) is 8.75. The number of carbonyl (C=O) groups excluding carboxylic acids is 2. The maximum absolute atomic E-state index is 12.6. The Kier molecular flexibility index (Phi) is 4.50. The molecule has 0 spiro atoms. The molecule has 5 nitrogen and oxygen atoms in total. The van der Waals surface area contributed by atoms with E-state index in [4.69, 9.17) is 5.21 Å². The molecule has 5 heteroatoms. The molecule has 3 aliphatic carbocycles. The second kappa shape index (κ2) is 6.79. The number of hydroxylamine groups is 1. The number of benzene rings is 1. The van der Waals surface area contributed by atoms with E-state index >= 15 is 0 Å². The fraction of sp³-hybridized carbons (Fsp3) is 0.600. The Labute approximate surface area is 148 Å². The average molecular weight is 342 g/mol. The predicted molar refractivity (Wildman–Crippen MR) is 93.1 cm³/mol. The summed E-state index contributed by atoms with van der Waals surface area (Å²) in [4.78, 5) is 24.2. The third kappa shape index (κ3) is 3.30. The van der Waals surface area contributed by atoms with Gasteiger partial charge >= 0.3 is 0 Å². The number of rotatable bonds is 4. The first-order chi connectivity index (χ1) is 12.1. The molecule has 2 unspecified atom stereocenters. The molecule has 0 aliphatic heterocycles. The molecule has 2 amide bonds. The minimum Gasteiger partial charge on any atom is -0.349 e. The minimum atomic E-state index is -0.495. The van der Waals surface area contributed by atoms with E-state index in [2.05, 4.69) is 5.32 Å². The first-order valence-corrected chi connectivity index (χ1v) is 9.50. The fourth-order valence-electron chi connectivity index (χ4n) is 5.29. The van der Waals surface area contributed by atoms with Gasteiger partial charge in [-0.05, 0) is 79.5 Å². The normalized spacial score (nSPS) is 30.0.